The summed E-state index contributed by atoms with van der Waals surface area (Å²) in [5, 5.41) is 9.07. The second kappa shape index (κ2) is 6.65. The molecule has 0 saturated heterocycles. The van der Waals surface area contributed by atoms with Crippen LogP contribution in [0.25, 0.3) is 0 Å². The number of carbonyl (C=O) groups excluding carboxylic acids is 1. The van der Waals surface area contributed by atoms with Gasteiger partial charge in [-0.3, -0.25) is 4.79 Å². The predicted molar refractivity (Wildman–Crippen MR) is 64.9 cm³/mol. The summed E-state index contributed by atoms with van der Waals surface area (Å²) in [5.41, 5.74) is -0.713. The third kappa shape index (κ3) is 3.32. The number of nitrogens with zero attached hydrogens (tertiary/aromatic N) is 1. The van der Waals surface area contributed by atoms with Crippen LogP contribution >= 0.6 is 11.6 Å². The van der Waals surface area contributed by atoms with E-state index in [2.05, 4.69) is 0 Å². The Morgan fingerprint density at radius 3 is 2.47 bits per heavy atom. The Bertz CT molecular complexity index is 477. The Labute approximate surface area is 113 Å². The quantitative estimate of drug-likeness (QED) is 0.670. The molecule has 0 aliphatic carbocycles. The molecule has 19 heavy (non-hydrogen) atoms. The largest absolute Gasteiger partial charge is 0.503 e. The molecule has 1 aromatic carbocycles. The van der Waals surface area contributed by atoms with Gasteiger partial charge in [-0.2, -0.15) is 4.39 Å². The van der Waals surface area contributed by atoms with E-state index in [1.807, 2.05) is 0 Å². The number of phenolic OH excluding ortho intramolecular Hbond substituents is 1. The van der Waals surface area contributed by atoms with Crippen molar-refractivity contribution in [2.75, 3.05) is 19.0 Å². The first kappa shape index (κ1) is 15.6. The highest BCUT2D eigenvalue weighted by Gasteiger charge is 2.25. The van der Waals surface area contributed by atoms with E-state index in [0.717, 1.165) is 0 Å². The average Bonchev–Trinajstić information content (AvgIpc) is 2.39. The fraction of sp³-hybridized carbons (Fsp3) is 0.417. The second-order valence-electron chi connectivity index (χ2n) is 3.86. The molecular formula is C12H13ClF3NO2. The van der Waals surface area contributed by atoms with E-state index in [4.69, 9.17) is 16.7 Å². The van der Waals surface area contributed by atoms with Crippen molar-refractivity contribution in [3.63, 3.8) is 0 Å². The van der Waals surface area contributed by atoms with Gasteiger partial charge in [-0.1, -0.05) is 6.92 Å². The molecule has 0 heterocycles. The Hall–Kier alpha value is -1.43. The van der Waals surface area contributed by atoms with Crippen molar-refractivity contribution in [2.45, 2.75) is 13.3 Å². The zero-order chi connectivity index (χ0) is 14.6. The topological polar surface area (TPSA) is 40.5 Å². The van der Waals surface area contributed by atoms with Gasteiger partial charge in [-0.15, -0.1) is 11.6 Å². The van der Waals surface area contributed by atoms with Crippen LogP contribution in [0.3, 0.4) is 0 Å². The van der Waals surface area contributed by atoms with Crippen LogP contribution in [0.1, 0.15) is 23.7 Å². The lowest BCUT2D eigenvalue weighted by atomic mass is 10.1. The van der Waals surface area contributed by atoms with Crippen LogP contribution in [0.5, 0.6) is 5.75 Å². The minimum Gasteiger partial charge on any atom is -0.503 e. The van der Waals surface area contributed by atoms with E-state index in [9.17, 15) is 18.0 Å². The number of hydrogen-bond donors (Lipinski definition) is 1. The van der Waals surface area contributed by atoms with Crippen LogP contribution in [0.2, 0.25) is 0 Å². The summed E-state index contributed by atoms with van der Waals surface area (Å²) >= 11 is 5.52. The second-order valence-corrected chi connectivity index (χ2v) is 4.24. The predicted octanol–water partition coefficient (Wildman–Crippen LogP) is 2.90. The number of amides is 1. The van der Waals surface area contributed by atoms with E-state index in [1.54, 1.807) is 6.92 Å². The molecule has 1 N–H and O–H groups in total. The molecule has 0 spiro atoms. The molecular weight excluding hydrogens is 283 g/mol. The lowest BCUT2D eigenvalue weighted by Crippen LogP contribution is -2.34. The summed E-state index contributed by atoms with van der Waals surface area (Å²) in [5.74, 6) is -6.87. The maximum atomic E-state index is 13.6. The van der Waals surface area contributed by atoms with Crippen molar-refractivity contribution in [3.8, 4) is 5.75 Å². The van der Waals surface area contributed by atoms with Crippen LogP contribution in [0, 0.1) is 17.5 Å². The molecule has 1 rings (SSSR count). The van der Waals surface area contributed by atoms with Gasteiger partial charge in [-0.05, 0) is 12.5 Å². The first-order valence-electron chi connectivity index (χ1n) is 5.65. The fourth-order valence-electron chi connectivity index (χ4n) is 1.60. The highest BCUT2D eigenvalue weighted by Crippen LogP contribution is 2.26. The van der Waals surface area contributed by atoms with E-state index < -0.39 is 34.7 Å². The van der Waals surface area contributed by atoms with Crippen LogP contribution in [0.15, 0.2) is 6.07 Å². The van der Waals surface area contributed by atoms with Crippen molar-refractivity contribution in [2.24, 2.45) is 0 Å². The molecule has 0 saturated carbocycles. The SMILES string of the molecule is CCCN(CCCl)C(=O)c1cc(F)c(F)c(O)c1F. The summed E-state index contributed by atoms with van der Waals surface area (Å²) in [6, 6.07) is 0.434. The highest BCUT2D eigenvalue weighted by atomic mass is 35.5. The van der Waals surface area contributed by atoms with Gasteiger partial charge in [0.1, 0.15) is 0 Å². The summed E-state index contributed by atoms with van der Waals surface area (Å²) in [4.78, 5) is 13.2. The number of carbonyl (C=O) groups is 1. The lowest BCUT2D eigenvalue weighted by Gasteiger charge is -2.21. The van der Waals surface area contributed by atoms with Crippen LogP contribution in [-0.2, 0) is 0 Å². The van der Waals surface area contributed by atoms with Gasteiger partial charge in [0.25, 0.3) is 5.91 Å². The van der Waals surface area contributed by atoms with E-state index >= 15 is 0 Å². The Kier molecular flexibility index (Phi) is 5.47. The normalized spacial score (nSPS) is 10.6. The molecule has 1 amide bonds. The van der Waals surface area contributed by atoms with Crippen molar-refractivity contribution in [1.29, 1.82) is 0 Å². The summed E-state index contributed by atoms with van der Waals surface area (Å²) in [7, 11) is 0. The molecule has 3 nitrogen and oxygen atoms in total. The first-order valence-corrected chi connectivity index (χ1v) is 6.19. The van der Waals surface area contributed by atoms with Gasteiger partial charge in [0, 0.05) is 19.0 Å². The zero-order valence-corrected chi connectivity index (χ0v) is 11.0. The number of halogens is 4. The number of rotatable bonds is 5. The molecule has 0 bridgehead atoms. The van der Waals surface area contributed by atoms with Gasteiger partial charge in [0.15, 0.2) is 17.4 Å². The maximum absolute atomic E-state index is 13.6. The van der Waals surface area contributed by atoms with Gasteiger partial charge < -0.3 is 10.0 Å². The standard InChI is InChI=1S/C12H13ClF3NO2/c1-2-4-17(5-3-13)12(19)7-6-8(14)10(16)11(18)9(7)15/h6,18H,2-5H2,1H3. The first-order chi connectivity index (χ1) is 8.93. The fourth-order valence-corrected chi connectivity index (χ4v) is 1.81. The molecule has 7 heteroatoms. The number of benzene rings is 1. The number of alkyl halides is 1. The van der Waals surface area contributed by atoms with Gasteiger partial charge >= 0.3 is 0 Å². The number of hydrogen-bond acceptors (Lipinski definition) is 2. The van der Waals surface area contributed by atoms with Crippen LogP contribution in [0.4, 0.5) is 13.2 Å². The van der Waals surface area contributed by atoms with E-state index in [1.165, 1.54) is 4.90 Å². The van der Waals surface area contributed by atoms with Crippen molar-refractivity contribution in [3.05, 3.63) is 29.1 Å². The number of aromatic hydroxyl groups is 1. The van der Waals surface area contributed by atoms with Crippen molar-refractivity contribution in [1.82, 2.24) is 4.90 Å². The third-order valence-electron chi connectivity index (χ3n) is 2.50. The maximum Gasteiger partial charge on any atom is 0.257 e. The van der Waals surface area contributed by atoms with Crippen LogP contribution in [-0.4, -0.2) is 34.9 Å². The number of phenols is 1. The molecule has 0 aliphatic heterocycles. The minimum atomic E-state index is -1.71. The van der Waals surface area contributed by atoms with Gasteiger partial charge in [-0.25, -0.2) is 8.78 Å². The molecule has 0 fully saturated rings. The molecule has 0 atom stereocenters. The smallest absolute Gasteiger partial charge is 0.257 e. The Morgan fingerprint density at radius 1 is 1.32 bits per heavy atom. The molecule has 0 aliphatic rings. The molecule has 0 unspecified atom stereocenters. The zero-order valence-electron chi connectivity index (χ0n) is 10.2. The van der Waals surface area contributed by atoms with E-state index in [-0.39, 0.29) is 12.4 Å². The van der Waals surface area contributed by atoms with Crippen molar-refractivity contribution < 1.29 is 23.1 Å². The third-order valence-corrected chi connectivity index (χ3v) is 2.67. The minimum absolute atomic E-state index is 0.128. The molecule has 106 valence electrons. The highest BCUT2D eigenvalue weighted by molar-refractivity contribution is 6.18. The van der Waals surface area contributed by atoms with Crippen LogP contribution < -0.4 is 0 Å². The average molecular weight is 296 g/mol. The monoisotopic (exact) mass is 295 g/mol. The van der Waals surface area contributed by atoms with Gasteiger partial charge in [0.2, 0.25) is 5.82 Å². The summed E-state index contributed by atoms with van der Waals surface area (Å²) < 4.78 is 39.6. The summed E-state index contributed by atoms with van der Waals surface area (Å²) in [6.07, 6.45) is 0.597. The lowest BCUT2D eigenvalue weighted by molar-refractivity contribution is 0.0759. The Morgan fingerprint density at radius 2 is 1.95 bits per heavy atom. The molecule has 0 aromatic heterocycles. The van der Waals surface area contributed by atoms with Gasteiger partial charge in [0.05, 0.1) is 5.56 Å². The summed E-state index contributed by atoms with van der Waals surface area (Å²) in [6.45, 7) is 2.24. The van der Waals surface area contributed by atoms with Crippen molar-refractivity contribution >= 4 is 17.5 Å². The molecule has 1 aromatic rings. The molecule has 0 radical (unpaired) electrons. The van der Waals surface area contributed by atoms with E-state index in [0.29, 0.717) is 19.0 Å². The Balaban J connectivity index is 3.18.